The Morgan fingerprint density at radius 1 is 1.18 bits per heavy atom. The summed E-state index contributed by atoms with van der Waals surface area (Å²) in [5.74, 6) is -0.858. The van der Waals surface area contributed by atoms with Gasteiger partial charge in [0.2, 0.25) is 21.8 Å². The smallest absolute Gasteiger partial charge is 0.261 e. The minimum absolute atomic E-state index is 0.00236. The monoisotopic (exact) mass is 579 g/mol. The molecule has 2 aromatic rings. The summed E-state index contributed by atoms with van der Waals surface area (Å²) in [5.41, 5.74) is 0.974. The van der Waals surface area contributed by atoms with E-state index < -0.39 is 22.0 Å². The van der Waals surface area contributed by atoms with Crippen molar-refractivity contribution < 1.29 is 22.8 Å². The van der Waals surface area contributed by atoms with Crippen LogP contribution in [0.2, 0.25) is 4.34 Å². The Balaban J connectivity index is 1.39. The molecule has 2 bridgehead atoms. The summed E-state index contributed by atoms with van der Waals surface area (Å²) >= 11 is 7.05. The van der Waals surface area contributed by atoms with Gasteiger partial charge in [-0.3, -0.25) is 19.3 Å². The molecule has 3 aliphatic heterocycles. The Kier molecular flexibility index (Phi) is 7.53. The van der Waals surface area contributed by atoms with Gasteiger partial charge >= 0.3 is 0 Å². The average molecular weight is 580 g/mol. The Labute approximate surface area is 231 Å². The van der Waals surface area contributed by atoms with E-state index in [9.17, 15) is 22.8 Å². The lowest BCUT2D eigenvalue weighted by atomic mass is 10.2. The van der Waals surface area contributed by atoms with E-state index >= 15 is 0 Å². The second-order valence-electron chi connectivity index (χ2n) is 10.0. The summed E-state index contributed by atoms with van der Waals surface area (Å²) in [4.78, 5) is 44.5. The number of likely N-dealkylation sites (N-methyl/N-ethyl adjacent to an activating group) is 1. The van der Waals surface area contributed by atoms with Gasteiger partial charge in [-0.25, -0.2) is 8.42 Å². The van der Waals surface area contributed by atoms with Gasteiger partial charge in [-0.05, 0) is 56.6 Å². The molecule has 3 saturated heterocycles. The maximum Gasteiger partial charge on any atom is 0.261 e. The van der Waals surface area contributed by atoms with Crippen molar-refractivity contribution in [2.45, 2.75) is 49.2 Å². The highest BCUT2D eigenvalue weighted by molar-refractivity contribution is 7.89. The molecule has 0 spiro atoms. The zero-order valence-corrected chi connectivity index (χ0v) is 23.5. The van der Waals surface area contributed by atoms with E-state index in [4.69, 9.17) is 11.6 Å². The first-order chi connectivity index (χ1) is 18.0. The van der Waals surface area contributed by atoms with Crippen molar-refractivity contribution in [3.8, 4) is 0 Å². The number of carbonyl (C=O) groups excluding carboxylic acids is 3. The van der Waals surface area contributed by atoms with Crippen LogP contribution in [0, 0.1) is 6.92 Å². The molecule has 204 valence electrons. The molecule has 3 aliphatic rings. The highest BCUT2D eigenvalue weighted by Gasteiger charge is 2.45. The Morgan fingerprint density at radius 2 is 1.97 bits per heavy atom. The maximum atomic E-state index is 13.7. The number of amides is 3. The van der Waals surface area contributed by atoms with Gasteiger partial charge in [0.15, 0.2) is 0 Å². The van der Waals surface area contributed by atoms with Gasteiger partial charge in [0.25, 0.3) is 5.91 Å². The van der Waals surface area contributed by atoms with Gasteiger partial charge in [0, 0.05) is 50.4 Å². The molecule has 3 amide bonds. The van der Waals surface area contributed by atoms with E-state index in [1.165, 1.54) is 6.07 Å². The number of piperazine rings is 1. The van der Waals surface area contributed by atoms with Crippen LogP contribution >= 0.6 is 22.9 Å². The molecule has 4 heterocycles. The highest BCUT2D eigenvalue weighted by Crippen LogP contribution is 2.31. The summed E-state index contributed by atoms with van der Waals surface area (Å²) in [6.45, 7) is 3.20. The molecule has 2 N–H and O–H groups in total. The summed E-state index contributed by atoms with van der Waals surface area (Å²) in [5, 5.41) is 2.70. The second kappa shape index (κ2) is 10.6. The first-order valence-electron chi connectivity index (χ1n) is 12.5. The van der Waals surface area contributed by atoms with Gasteiger partial charge in [-0.2, -0.15) is 4.72 Å². The molecular formula is C25H30ClN5O5S2. The number of anilines is 1. The van der Waals surface area contributed by atoms with Crippen LogP contribution in [0.25, 0.3) is 0 Å². The quantitative estimate of drug-likeness (QED) is 0.492. The third-order valence-corrected chi connectivity index (χ3v) is 10.4. The lowest BCUT2D eigenvalue weighted by Gasteiger charge is -2.34. The van der Waals surface area contributed by atoms with E-state index in [1.54, 1.807) is 41.0 Å². The number of hydrogen-bond acceptors (Lipinski definition) is 7. The predicted molar refractivity (Wildman–Crippen MR) is 145 cm³/mol. The number of nitrogens with one attached hydrogen (secondary N) is 2. The molecular weight excluding hydrogens is 550 g/mol. The van der Waals surface area contributed by atoms with Crippen molar-refractivity contribution in [3.05, 3.63) is 45.1 Å². The number of likely N-dealkylation sites (tertiary alicyclic amines) is 2. The van der Waals surface area contributed by atoms with Crippen LogP contribution in [0.4, 0.5) is 5.69 Å². The van der Waals surface area contributed by atoms with Crippen LogP contribution in [0.15, 0.2) is 35.2 Å². The second-order valence-corrected chi connectivity index (χ2v) is 13.4. The molecule has 0 aliphatic carbocycles. The minimum atomic E-state index is -4.18. The Bertz CT molecular complexity index is 1380. The molecule has 3 fully saturated rings. The number of nitrogens with zero attached hydrogens (tertiary/aromatic N) is 3. The molecule has 3 atom stereocenters. The van der Waals surface area contributed by atoms with Crippen LogP contribution in [0.1, 0.15) is 34.5 Å². The van der Waals surface area contributed by atoms with Crippen molar-refractivity contribution in [1.82, 2.24) is 19.8 Å². The fraction of sp³-hybridized carbons (Fsp3) is 0.480. The van der Waals surface area contributed by atoms with E-state index in [-0.39, 0.29) is 35.3 Å². The molecule has 1 aromatic carbocycles. The van der Waals surface area contributed by atoms with Crippen LogP contribution in [-0.2, 0) is 19.6 Å². The number of benzene rings is 1. The molecule has 38 heavy (non-hydrogen) atoms. The van der Waals surface area contributed by atoms with E-state index in [2.05, 4.69) is 14.9 Å². The Hall–Kier alpha value is -2.51. The fourth-order valence-electron chi connectivity index (χ4n) is 5.57. The van der Waals surface area contributed by atoms with Gasteiger partial charge in [0.05, 0.1) is 14.1 Å². The van der Waals surface area contributed by atoms with Gasteiger partial charge < -0.3 is 15.1 Å². The molecule has 5 rings (SSSR count). The highest BCUT2D eigenvalue weighted by atomic mass is 35.5. The zero-order valence-electron chi connectivity index (χ0n) is 21.1. The van der Waals surface area contributed by atoms with Gasteiger partial charge in [0.1, 0.15) is 6.04 Å². The molecule has 0 saturated carbocycles. The van der Waals surface area contributed by atoms with Crippen LogP contribution in [0.5, 0.6) is 0 Å². The van der Waals surface area contributed by atoms with E-state index in [0.29, 0.717) is 46.4 Å². The molecule has 10 nitrogen and oxygen atoms in total. The van der Waals surface area contributed by atoms with Gasteiger partial charge in [-0.1, -0.05) is 17.7 Å². The summed E-state index contributed by atoms with van der Waals surface area (Å²) in [7, 11) is -2.17. The average Bonchev–Trinajstić information content (AvgIpc) is 3.66. The number of fused-ring (bicyclic) bond motifs is 2. The lowest BCUT2D eigenvalue weighted by molar-refractivity contribution is -0.135. The van der Waals surface area contributed by atoms with Crippen molar-refractivity contribution in [3.63, 3.8) is 0 Å². The normalized spacial score (nSPS) is 22.3. The van der Waals surface area contributed by atoms with Crippen molar-refractivity contribution in [2.24, 2.45) is 0 Å². The number of carbonyl (C=O) groups is 3. The van der Waals surface area contributed by atoms with Gasteiger partial charge in [-0.15, -0.1) is 11.3 Å². The fourth-order valence-corrected chi connectivity index (χ4v) is 7.98. The SMILES string of the molecule is Cc1c(N2CCCC2=O)cccc1S(=O)(=O)N[C@@H](CNC(=O)c1ccc(Cl)s1)C(=O)N1C[C@@H]2C[C@@H]1CN2C. The topological polar surface area (TPSA) is 119 Å². The standard InChI is InChI=1S/C25H30ClN5O5S2/c1-15-19(30-10-4-7-23(30)32)5-3-6-21(15)38(35,36)28-18(12-27-24(33)20-8-9-22(26)37-20)25(34)31-14-16-11-17(31)13-29(16)2/h3,5-6,8-9,16-18,28H,4,7,10-14H2,1-2H3,(H,27,33)/t16-,17+,18-/m0/s1. The van der Waals surface area contributed by atoms with Crippen LogP contribution in [-0.4, -0.2) is 87.3 Å². The predicted octanol–water partition coefficient (Wildman–Crippen LogP) is 1.83. The van der Waals surface area contributed by atoms with Crippen molar-refractivity contribution in [1.29, 1.82) is 0 Å². The Morgan fingerprint density at radius 3 is 2.58 bits per heavy atom. The van der Waals surface area contributed by atoms with Crippen LogP contribution < -0.4 is 14.9 Å². The number of halogens is 1. The van der Waals surface area contributed by atoms with E-state index in [1.807, 2.05) is 7.05 Å². The summed E-state index contributed by atoms with van der Waals surface area (Å²) in [6.07, 6.45) is 1.98. The minimum Gasteiger partial charge on any atom is -0.349 e. The molecule has 0 radical (unpaired) electrons. The first kappa shape index (κ1) is 27.1. The number of sulfonamides is 1. The third-order valence-electron chi connectivity index (χ3n) is 7.57. The zero-order chi connectivity index (χ0) is 27.2. The number of hydrogen-bond donors (Lipinski definition) is 2. The lowest BCUT2D eigenvalue weighted by Crippen LogP contribution is -2.57. The molecule has 1 aromatic heterocycles. The maximum absolute atomic E-state index is 13.7. The number of rotatable bonds is 8. The number of thiophene rings is 1. The van der Waals surface area contributed by atoms with E-state index in [0.717, 1.165) is 24.3 Å². The summed E-state index contributed by atoms with van der Waals surface area (Å²) < 4.78 is 30.3. The molecule has 13 heteroatoms. The van der Waals surface area contributed by atoms with Crippen LogP contribution in [0.3, 0.4) is 0 Å². The summed E-state index contributed by atoms with van der Waals surface area (Å²) in [6, 6.07) is 6.99. The largest absolute Gasteiger partial charge is 0.349 e. The van der Waals surface area contributed by atoms with Crippen molar-refractivity contribution >= 4 is 56.4 Å². The first-order valence-corrected chi connectivity index (χ1v) is 15.2. The van der Waals surface area contributed by atoms with Crippen molar-refractivity contribution in [2.75, 3.05) is 38.1 Å². The third kappa shape index (κ3) is 5.20. The molecule has 0 unspecified atom stereocenters.